The lowest BCUT2D eigenvalue weighted by molar-refractivity contribution is 0.0989. The molecule has 0 bridgehead atoms. The summed E-state index contributed by atoms with van der Waals surface area (Å²) in [7, 11) is 0. The fraction of sp³-hybridized carbons (Fsp3) is 0.367. The molecule has 0 radical (unpaired) electrons. The number of carbonyl (C=O) groups excluding carboxylic acids is 1. The summed E-state index contributed by atoms with van der Waals surface area (Å²) < 4.78 is 6.07. The first-order valence-corrected chi connectivity index (χ1v) is 12.5. The Morgan fingerprint density at radius 2 is 1.71 bits per heavy atom. The van der Waals surface area contributed by atoms with Crippen molar-refractivity contribution in [3.05, 3.63) is 95.1 Å². The molecule has 34 heavy (non-hydrogen) atoms. The number of amides is 1. The highest BCUT2D eigenvalue weighted by Crippen LogP contribution is 2.35. The van der Waals surface area contributed by atoms with Crippen molar-refractivity contribution in [1.82, 2.24) is 4.90 Å². The molecule has 176 valence electrons. The number of nitrogens with zero attached hydrogens (tertiary/aromatic N) is 2. The number of para-hydroxylation sites is 2. The van der Waals surface area contributed by atoms with Crippen LogP contribution in [-0.4, -0.2) is 36.5 Å². The second-order valence-electron chi connectivity index (χ2n) is 9.79. The topological polar surface area (TPSA) is 32.8 Å². The number of carbonyl (C=O) groups is 1. The first-order chi connectivity index (χ1) is 16.6. The number of ether oxygens (including phenoxy) is 1. The molecule has 0 spiro atoms. The Hall–Kier alpha value is -3.11. The van der Waals surface area contributed by atoms with Gasteiger partial charge in [0, 0.05) is 24.3 Å². The smallest absolute Gasteiger partial charge is 0.258 e. The van der Waals surface area contributed by atoms with Gasteiger partial charge in [0.05, 0.1) is 6.10 Å². The molecule has 2 aliphatic rings. The zero-order valence-electron chi connectivity index (χ0n) is 20.2. The molecule has 3 aromatic rings. The number of likely N-dealkylation sites (tertiary alicyclic amines) is 1. The van der Waals surface area contributed by atoms with Crippen molar-refractivity contribution in [3.63, 3.8) is 0 Å². The van der Waals surface area contributed by atoms with Gasteiger partial charge in [0.15, 0.2) is 0 Å². The SMILES string of the molecule is CC(C)Oc1ccccc1C1CCN(Cc2cccc(C(=O)N3CCc4ccccc43)c2)CC1. The van der Waals surface area contributed by atoms with Crippen LogP contribution in [0.1, 0.15) is 59.7 Å². The van der Waals surface area contributed by atoms with E-state index < -0.39 is 0 Å². The maximum absolute atomic E-state index is 13.3. The standard InChI is InChI=1S/C30H34N2O2/c1-22(2)34-29-13-6-4-11-27(29)24-14-17-31(18-15-24)21-23-8-7-10-26(20-23)30(33)32-19-16-25-9-3-5-12-28(25)32/h3-13,20,22,24H,14-19,21H2,1-2H3. The second-order valence-corrected chi connectivity index (χ2v) is 9.79. The zero-order chi connectivity index (χ0) is 23.5. The van der Waals surface area contributed by atoms with Gasteiger partial charge in [-0.15, -0.1) is 0 Å². The molecule has 1 fully saturated rings. The van der Waals surface area contributed by atoms with Crippen LogP contribution in [0.15, 0.2) is 72.8 Å². The molecule has 3 aromatic carbocycles. The van der Waals surface area contributed by atoms with E-state index in [4.69, 9.17) is 4.74 Å². The highest BCUT2D eigenvalue weighted by molar-refractivity contribution is 6.07. The molecule has 0 N–H and O–H groups in total. The van der Waals surface area contributed by atoms with Crippen molar-refractivity contribution in [2.24, 2.45) is 0 Å². The Labute approximate surface area is 203 Å². The molecule has 4 nitrogen and oxygen atoms in total. The molecular formula is C30H34N2O2. The van der Waals surface area contributed by atoms with Gasteiger partial charge in [0.1, 0.15) is 5.75 Å². The summed E-state index contributed by atoms with van der Waals surface area (Å²) in [4.78, 5) is 17.7. The molecule has 0 atom stereocenters. The average molecular weight is 455 g/mol. The minimum absolute atomic E-state index is 0.104. The lowest BCUT2D eigenvalue weighted by Crippen LogP contribution is -2.33. The zero-order valence-corrected chi connectivity index (χ0v) is 20.2. The Balaban J connectivity index is 1.22. The summed E-state index contributed by atoms with van der Waals surface area (Å²) in [5.41, 5.74) is 5.65. The van der Waals surface area contributed by atoms with Gasteiger partial charge in [-0.25, -0.2) is 0 Å². The summed E-state index contributed by atoms with van der Waals surface area (Å²) in [5, 5.41) is 0. The lowest BCUT2D eigenvalue weighted by atomic mass is 9.88. The third kappa shape index (κ3) is 4.88. The van der Waals surface area contributed by atoms with Gasteiger partial charge in [-0.1, -0.05) is 48.5 Å². The molecule has 1 amide bonds. The molecular weight excluding hydrogens is 420 g/mol. The van der Waals surface area contributed by atoms with Crippen LogP contribution in [0.3, 0.4) is 0 Å². The van der Waals surface area contributed by atoms with Crippen LogP contribution < -0.4 is 9.64 Å². The van der Waals surface area contributed by atoms with Crippen LogP contribution in [-0.2, 0) is 13.0 Å². The Bertz CT molecular complexity index is 1150. The van der Waals surface area contributed by atoms with E-state index in [-0.39, 0.29) is 12.0 Å². The minimum atomic E-state index is 0.104. The average Bonchev–Trinajstić information content (AvgIpc) is 3.29. The number of rotatable bonds is 6. The summed E-state index contributed by atoms with van der Waals surface area (Å²) in [6, 6.07) is 24.9. The number of piperidine rings is 1. The maximum Gasteiger partial charge on any atom is 0.258 e. The second kappa shape index (κ2) is 10.0. The first-order valence-electron chi connectivity index (χ1n) is 12.5. The summed E-state index contributed by atoms with van der Waals surface area (Å²) in [6.07, 6.45) is 3.37. The molecule has 0 unspecified atom stereocenters. The Kier molecular flexibility index (Phi) is 6.68. The normalized spacial score (nSPS) is 16.6. The molecule has 1 saturated heterocycles. The van der Waals surface area contributed by atoms with E-state index in [9.17, 15) is 4.79 Å². The van der Waals surface area contributed by atoms with Crippen molar-refractivity contribution >= 4 is 11.6 Å². The maximum atomic E-state index is 13.3. The van der Waals surface area contributed by atoms with Crippen LogP contribution in [0.2, 0.25) is 0 Å². The summed E-state index contributed by atoms with van der Waals surface area (Å²) in [5.74, 6) is 1.67. The summed E-state index contributed by atoms with van der Waals surface area (Å²) in [6.45, 7) is 7.92. The molecule has 2 heterocycles. The molecule has 2 aliphatic heterocycles. The predicted molar refractivity (Wildman–Crippen MR) is 138 cm³/mol. The number of hydrogen-bond acceptors (Lipinski definition) is 3. The molecule has 5 rings (SSSR count). The van der Waals surface area contributed by atoms with E-state index in [1.165, 1.54) is 16.7 Å². The molecule has 0 aliphatic carbocycles. The first kappa shape index (κ1) is 22.7. The molecule has 0 aromatic heterocycles. The fourth-order valence-electron chi connectivity index (χ4n) is 5.35. The van der Waals surface area contributed by atoms with Crippen molar-refractivity contribution in [1.29, 1.82) is 0 Å². The van der Waals surface area contributed by atoms with E-state index in [1.807, 2.05) is 29.2 Å². The number of fused-ring (bicyclic) bond motifs is 1. The van der Waals surface area contributed by atoms with E-state index in [0.717, 1.165) is 62.4 Å². The minimum Gasteiger partial charge on any atom is -0.491 e. The monoisotopic (exact) mass is 454 g/mol. The summed E-state index contributed by atoms with van der Waals surface area (Å²) >= 11 is 0. The molecule has 0 saturated carbocycles. The van der Waals surface area contributed by atoms with Crippen molar-refractivity contribution in [2.75, 3.05) is 24.5 Å². The van der Waals surface area contributed by atoms with E-state index >= 15 is 0 Å². The van der Waals surface area contributed by atoms with E-state index in [1.54, 1.807) is 0 Å². The number of hydrogen-bond donors (Lipinski definition) is 0. The van der Waals surface area contributed by atoms with Gasteiger partial charge in [0.2, 0.25) is 0 Å². The Morgan fingerprint density at radius 3 is 2.53 bits per heavy atom. The van der Waals surface area contributed by atoms with Gasteiger partial charge in [-0.05, 0) is 93.1 Å². The molecule has 4 heteroatoms. The van der Waals surface area contributed by atoms with Crippen molar-refractivity contribution in [2.45, 2.75) is 51.7 Å². The van der Waals surface area contributed by atoms with Gasteiger partial charge in [-0.3, -0.25) is 9.69 Å². The lowest BCUT2D eigenvalue weighted by Gasteiger charge is -2.33. The Morgan fingerprint density at radius 1 is 0.941 bits per heavy atom. The number of benzene rings is 3. The van der Waals surface area contributed by atoms with Gasteiger partial charge in [0.25, 0.3) is 5.91 Å². The van der Waals surface area contributed by atoms with Crippen LogP contribution >= 0.6 is 0 Å². The van der Waals surface area contributed by atoms with E-state index in [0.29, 0.717) is 5.92 Å². The van der Waals surface area contributed by atoms with E-state index in [2.05, 4.69) is 67.3 Å². The van der Waals surface area contributed by atoms with Crippen LogP contribution in [0.4, 0.5) is 5.69 Å². The predicted octanol–water partition coefficient (Wildman–Crippen LogP) is 6.06. The van der Waals surface area contributed by atoms with Gasteiger partial charge >= 0.3 is 0 Å². The van der Waals surface area contributed by atoms with Crippen LogP contribution in [0.25, 0.3) is 0 Å². The fourth-order valence-corrected chi connectivity index (χ4v) is 5.35. The largest absolute Gasteiger partial charge is 0.491 e. The van der Waals surface area contributed by atoms with Crippen LogP contribution in [0.5, 0.6) is 5.75 Å². The van der Waals surface area contributed by atoms with Crippen LogP contribution in [0, 0.1) is 0 Å². The highest BCUT2D eigenvalue weighted by Gasteiger charge is 2.26. The number of anilines is 1. The third-order valence-electron chi connectivity index (χ3n) is 7.02. The highest BCUT2D eigenvalue weighted by atomic mass is 16.5. The third-order valence-corrected chi connectivity index (χ3v) is 7.02. The van der Waals surface area contributed by atoms with Crippen molar-refractivity contribution in [3.8, 4) is 5.75 Å². The van der Waals surface area contributed by atoms with Gasteiger partial charge in [-0.2, -0.15) is 0 Å². The van der Waals surface area contributed by atoms with Gasteiger partial charge < -0.3 is 9.64 Å². The van der Waals surface area contributed by atoms with Crippen molar-refractivity contribution < 1.29 is 9.53 Å². The quantitative estimate of drug-likeness (QED) is 0.454.